The molecule has 1 atom stereocenters. The molecule has 0 aliphatic carbocycles. The van der Waals surface area contributed by atoms with Crippen molar-refractivity contribution in [3.05, 3.63) is 33.8 Å². The number of hydrogen-bond acceptors (Lipinski definition) is 3. The number of carbonyl (C=O) groups is 1. The summed E-state index contributed by atoms with van der Waals surface area (Å²) in [6.45, 7) is 1.42. The van der Waals surface area contributed by atoms with E-state index in [2.05, 4.69) is 0 Å². The molecule has 16 heavy (non-hydrogen) atoms. The minimum Gasteiger partial charge on any atom is -0.359 e. The average Bonchev–Trinajstić information content (AvgIpc) is 2.21. The molecule has 88 valence electrons. The van der Waals surface area contributed by atoms with Gasteiger partial charge in [-0.2, -0.15) is 0 Å². The predicted octanol–water partition coefficient (Wildman–Crippen LogP) is 3.24. The van der Waals surface area contributed by atoms with Crippen LogP contribution in [0.5, 0.6) is 0 Å². The van der Waals surface area contributed by atoms with Crippen molar-refractivity contribution in [2.24, 2.45) is 0 Å². The van der Waals surface area contributed by atoms with E-state index in [0.29, 0.717) is 15.6 Å². The quantitative estimate of drug-likeness (QED) is 0.765. The molecule has 3 nitrogen and oxygen atoms in total. The molecule has 1 rings (SSSR count). The molecule has 0 aliphatic rings. The highest BCUT2D eigenvalue weighted by Crippen LogP contribution is 2.32. The van der Waals surface area contributed by atoms with Crippen molar-refractivity contribution in [3.63, 3.8) is 0 Å². The number of hydrogen-bond donors (Lipinski definition) is 0. The van der Waals surface area contributed by atoms with Crippen molar-refractivity contribution in [2.75, 3.05) is 13.9 Å². The van der Waals surface area contributed by atoms with Gasteiger partial charge in [-0.05, 0) is 19.1 Å². The molecular weight excluding hydrogens is 251 g/mol. The fourth-order valence-electron chi connectivity index (χ4n) is 1.30. The van der Waals surface area contributed by atoms with Gasteiger partial charge in [0.1, 0.15) is 12.9 Å². The second-order valence-corrected chi connectivity index (χ2v) is 4.01. The number of halogens is 2. The normalized spacial score (nSPS) is 12.5. The summed E-state index contributed by atoms with van der Waals surface area (Å²) >= 11 is 12.0. The lowest BCUT2D eigenvalue weighted by Gasteiger charge is -2.17. The highest BCUT2D eigenvalue weighted by atomic mass is 35.5. The van der Waals surface area contributed by atoms with Gasteiger partial charge in [-0.25, -0.2) is 0 Å². The Bertz CT molecular complexity index is 359. The Hall–Kier alpha value is -0.610. The number of carbonyl (C=O) groups excluding carboxylic acids is 1. The monoisotopic (exact) mass is 262 g/mol. The summed E-state index contributed by atoms with van der Waals surface area (Å²) in [6, 6.07) is 5.03. The van der Waals surface area contributed by atoms with Crippen LogP contribution in [0.1, 0.15) is 18.6 Å². The zero-order valence-electron chi connectivity index (χ0n) is 9.00. The van der Waals surface area contributed by atoms with Gasteiger partial charge < -0.3 is 9.47 Å². The zero-order valence-corrected chi connectivity index (χ0v) is 10.5. The summed E-state index contributed by atoms with van der Waals surface area (Å²) in [6.07, 6.45) is -0.791. The van der Waals surface area contributed by atoms with Gasteiger partial charge >= 0.3 is 0 Å². The molecule has 0 spiro atoms. The molecule has 5 heteroatoms. The summed E-state index contributed by atoms with van der Waals surface area (Å²) in [5.41, 5.74) is 0.482. The topological polar surface area (TPSA) is 35.5 Å². The van der Waals surface area contributed by atoms with E-state index in [-0.39, 0.29) is 12.6 Å². The SMILES string of the molecule is COCOC(C(C)=O)c1c(Cl)cccc1Cl. The minimum absolute atomic E-state index is 0.00575. The molecule has 0 aliphatic heterocycles. The molecule has 0 saturated carbocycles. The number of benzene rings is 1. The Morgan fingerprint density at radius 3 is 2.38 bits per heavy atom. The molecule has 0 amide bonds. The standard InChI is InChI=1S/C11H12Cl2O3/c1-7(14)11(16-6-15-2)10-8(12)4-3-5-9(10)13/h3-5,11H,6H2,1-2H3. The molecule has 1 aromatic carbocycles. The molecule has 0 saturated heterocycles. The van der Waals surface area contributed by atoms with Crippen molar-refractivity contribution >= 4 is 29.0 Å². The van der Waals surface area contributed by atoms with E-state index in [0.717, 1.165) is 0 Å². The maximum Gasteiger partial charge on any atom is 0.163 e. The number of Topliss-reactive ketones (excluding diaryl/α,β-unsaturated/α-hetero) is 1. The van der Waals surface area contributed by atoms with Gasteiger partial charge in [0.05, 0.1) is 0 Å². The summed E-state index contributed by atoms with van der Waals surface area (Å²) in [5, 5.41) is 0.813. The van der Waals surface area contributed by atoms with E-state index >= 15 is 0 Å². The summed E-state index contributed by atoms with van der Waals surface area (Å²) in [5.74, 6) is -0.174. The highest BCUT2D eigenvalue weighted by molar-refractivity contribution is 6.36. The smallest absolute Gasteiger partial charge is 0.163 e. The lowest BCUT2D eigenvalue weighted by Crippen LogP contribution is -2.15. The Morgan fingerprint density at radius 1 is 1.38 bits per heavy atom. The van der Waals surface area contributed by atoms with E-state index in [1.54, 1.807) is 18.2 Å². The Kier molecular flexibility index (Phi) is 5.22. The molecule has 0 heterocycles. The Balaban J connectivity index is 3.05. The number of rotatable bonds is 5. The zero-order chi connectivity index (χ0) is 12.1. The first-order valence-electron chi connectivity index (χ1n) is 4.62. The van der Waals surface area contributed by atoms with Crippen LogP contribution >= 0.6 is 23.2 Å². The number of ether oxygens (including phenoxy) is 2. The fraction of sp³-hybridized carbons (Fsp3) is 0.364. The Labute approximate surface area is 104 Å². The van der Waals surface area contributed by atoms with Gasteiger partial charge in [0.15, 0.2) is 5.78 Å². The van der Waals surface area contributed by atoms with Gasteiger partial charge in [-0.1, -0.05) is 29.3 Å². The molecule has 0 aromatic heterocycles. The van der Waals surface area contributed by atoms with E-state index in [1.807, 2.05) is 0 Å². The van der Waals surface area contributed by atoms with E-state index in [4.69, 9.17) is 32.7 Å². The molecular formula is C11H12Cl2O3. The summed E-state index contributed by atoms with van der Waals surface area (Å²) in [4.78, 5) is 11.5. The second-order valence-electron chi connectivity index (χ2n) is 3.20. The molecule has 0 N–H and O–H groups in total. The minimum atomic E-state index is -0.791. The van der Waals surface area contributed by atoms with Crippen LogP contribution in [0.2, 0.25) is 10.0 Å². The maximum atomic E-state index is 11.5. The van der Waals surface area contributed by atoms with Gasteiger partial charge in [0.2, 0.25) is 0 Å². The lowest BCUT2D eigenvalue weighted by atomic mass is 10.1. The van der Waals surface area contributed by atoms with Crippen molar-refractivity contribution in [3.8, 4) is 0 Å². The van der Waals surface area contributed by atoms with Gasteiger partial charge in [-0.3, -0.25) is 4.79 Å². The van der Waals surface area contributed by atoms with E-state index < -0.39 is 6.10 Å². The van der Waals surface area contributed by atoms with Crippen LogP contribution in [-0.2, 0) is 14.3 Å². The summed E-state index contributed by atoms with van der Waals surface area (Å²) in [7, 11) is 1.48. The van der Waals surface area contributed by atoms with Crippen molar-refractivity contribution in [1.82, 2.24) is 0 Å². The van der Waals surface area contributed by atoms with Crippen LogP contribution in [0.15, 0.2) is 18.2 Å². The third-order valence-electron chi connectivity index (χ3n) is 1.98. The number of methoxy groups -OCH3 is 1. The molecule has 1 aromatic rings. The fourth-order valence-corrected chi connectivity index (χ4v) is 1.90. The van der Waals surface area contributed by atoms with Crippen LogP contribution in [0.3, 0.4) is 0 Å². The van der Waals surface area contributed by atoms with Crippen LogP contribution in [0.25, 0.3) is 0 Å². The van der Waals surface area contributed by atoms with E-state index in [9.17, 15) is 4.79 Å². The molecule has 0 radical (unpaired) electrons. The van der Waals surface area contributed by atoms with Gasteiger partial charge in [-0.15, -0.1) is 0 Å². The van der Waals surface area contributed by atoms with Crippen LogP contribution in [0, 0.1) is 0 Å². The van der Waals surface area contributed by atoms with Crippen LogP contribution in [0.4, 0.5) is 0 Å². The van der Waals surface area contributed by atoms with Crippen molar-refractivity contribution < 1.29 is 14.3 Å². The third kappa shape index (κ3) is 3.19. The van der Waals surface area contributed by atoms with Gasteiger partial charge in [0.25, 0.3) is 0 Å². The third-order valence-corrected chi connectivity index (χ3v) is 2.64. The largest absolute Gasteiger partial charge is 0.359 e. The summed E-state index contributed by atoms with van der Waals surface area (Å²) < 4.78 is 10.0. The lowest BCUT2D eigenvalue weighted by molar-refractivity contribution is -0.138. The maximum absolute atomic E-state index is 11.5. The second kappa shape index (κ2) is 6.21. The van der Waals surface area contributed by atoms with Crippen molar-refractivity contribution in [2.45, 2.75) is 13.0 Å². The van der Waals surface area contributed by atoms with Gasteiger partial charge in [0, 0.05) is 22.7 Å². The first kappa shape index (κ1) is 13.5. The van der Waals surface area contributed by atoms with Crippen LogP contribution < -0.4 is 0 Å². The van der Waals surface area contributed by atoms with Crippen molar-refractivity contribution in [1.29, 1.82) is 0 Å². The number of ketones is 1. The molecule has 0 fully saturated rings. The first-order valence-corrected chi connectivity index (χ1v) is 5.38. The Morgan fingerprint density at radius 2 is 1.94 bits per heavy atom. The first-order chi connectivity index (χ1) is 7.57. The predicted molar refractivity (Wildman–Crippen MR) is 62.8 cm³/mol. The average molecular weight is 263 g/mol. The molecule has 1 unspecified atom stereocenters. The highest BCUT2D eigenvalue weighted by Gasteiger charge is 2.22. The molecule has 0 bridgehead atoms. The van der Waals surface area contributed by atoms with E-state index in [1.165, 1.54) is 14.0 Å². The van der Waals surface area contributed by atoms with Crippen LogP contribution in [-0.4, -0.2) is 19.7 Å².